The highest BCUT2D eigenvalue weighted by molar-refractivity contribution is 6.10. The van der Waals surface area contributed by atoms with E-state index in [0.29, 0.717) is 12.8 Å². The van der Waals surface area contributed by atoms with E-state index in [0.717, 1.165) is 23.1 Å². The van der Waals surface area contributed by atoms with E-state index in [2.05, 4.69) is 35.0 Å². The van der Waals surface area contributed by atoms with Gasteiger partial charge in [-0.05, 0) is 51.0 Å². The molecule has 150 valence electrons. The Hall–Kier alpha value is -2.82. The Bertz CT molecular complexity index is 1190. The van der Waals surface area contributed by atoms with Crippen LogP contribution in [0, 0.1) is 10.8 Å². The van der Waals surface area contributed by atoms with Gasteiger partial charge in [-0.15, -0.1) is 0 Å². The van der Waals surface area contributed by atoms with Crippen molar-refractivity contribution in [3.8, 4) is 0 Å². The molecule has 0 unspecified atom stereocenters. The van der Waals surface area contributed by atoms with Crippen LogP contribution in [0.25, 0.3) is 21.8 Å². The van der Waals surface area contributed by atoms with Crippen molar-refractivity contribution in [2.45, 2.75) is 52.7 Å². The van der Waals surface area contributed by atoms with Crippen LogP contribution in [0.15, 0.2) is 42.5 Å². The zero-order valence-electron chi connectivity index (χ0n) is 17.3. The second-order valence-corrected chi connectivity index (χ2v) is 9.12. The summed E-state index contributed by atoms with van der Waals surface area (Å²) < 4.78 is 8.00. The highest BCUT2D eigenvalue weighted by atomic mass is 16.6. The molecule has 5 nitrogen and oxygen atoms in total. The van der Waals surface area contributed by atoms with Crippen molar-refractivity contribution in [1.82, 2.24) is 4.57 Å². The van der Waals surface area contributed by atoms with Crippen LogP contribution in [0.4, 0.5) is 5.69 Å². The maximum absolute atomic E-state index is 13.4. The van der Waals surface area contributed by atoms with E-state index in [9.17, 15) is 9.59 Å². The first-order valence-corrected chi connectivity index (χ1v) is 10.3. The first kappa shape index (κ1) is 18.2. The molecule has 29 heavy (non-hydrogen) atoms. The van der Waals surface area contributed by atoms with Crippen LogP contribution in [-0.2, 0) is 20.9 Å². The first-order chi connectivity index (χ1) is 13.7. The van der Waals surface area contributed by atoms with Gasteiger partial charge in [0.25, 0.3) is 5.91 Å². The number of aryl methyl sites for hydroxylation is 1. The van der Waals surface area contributed by atoms with Gasteiger partial charge in [0.05, 0.1) is 5.41 Å². The van der Waals surface area contributed by atoms with Gasteiger partial charge in [0.2, 0.25) is 0 Å². The molecule has 2 fully saturated rings. The lowest BCUT2D eigenvalue weighted by Crippen LogP contribution is -2.50. The number of ether oxygens (including phenoxy) is 1. The molecule has 2 heterocycles. The van der Waals surface area contributed by atoms with Crippen LogP contribution in [0.3, 0.4) is 0 Å². The smallest absolute Gasteiger partial charge is 0.313 e. The molecule has 2 atom stereocenters. The largest absolute Gasteiger partial charge is 0.448 e. The lowest BCUT2D eigenvalue weighted by atomic mass is 9.66. The normalized spacial score (nSPS) is 27.5. The fraction of sp³-hybridized carbons (Fsp3) is 0.417. The highest BCUT2D eigenvalue weighted by Crippen LogP contribution is 2.65. The van der Waals surface area contributed by atoms with Gasteiger partial charge >= 0.3 is 5.97 Å². The third-order valence-corrected chi connectivity index (χ3v) is 7.80. The number of hydrogen-bond donors (Lipinski definition) is 1. The number of nitrogens with one attached hydrogen (secondary N) is 1. The quantitative estimate of drug-likeness (QED) is 0.649. The molecule has 1 aromatic heterocycles. The molecule has 0 spiro atoms. The number of rotatable bonds is 3. The Morgan fingerprint density at radius 2 is 1.79 bits per heavy atom. The third kappa shape index (κ3) is 2.05. The highest BCUT2D eigenvalue weighted by Gasteiger charge is 2.75. The number of hydrogen-bond acceptors (Lipinski definition) is 3. The predicted octanol–water partition coefficient (Wildman–Crippen LogP) is 4.87. The minimum absolute atomic E-state index is 0.226. The molecule has 1 aliphatic carbocycles. The van der Waals surface area contributed by atoms with E-state index in [1.54, 1.807) is 0 Å². The first-order valence-electron chi connectivity index (χ1n) is 10.3. The summed E-state index contributed by atoms with van der Waals surface area (Å²) in [5.41, 5.74) is 0.788. The number of benzene rings is 2. The van der Waals surface area contributed by atoms with Crippen molar-refractivity contribution < 1.29 is 14.3 Å². The van der Waals surface area contributed by atoms with Gasteiger partial charge in [0.1, 0.15) is 0 Å². The summed E-state index contributed by atoms with van der Waals surface area (Å²) in [6, 6.07) is 14.3. The number of para-hydroxylation sites is 1. The van der Waals surface area contributed by atoms with Gasteiger partial charge in [-0.2, -0.15) is 0 Å². The monoisotopic (exact) mass is 390 g/mol. The molecule has 3 aromatic rings. The number of amides is 1. The maximum Gasteiger partial charge on any atom is 0.313 e. The van der Waals surface area contributed by atoms with Gasteiger partial charge in [0.15, 0.2) is 5.60 Å². The van der Waals surface area contributed by atoms with Gasteiger partial charge in [-0.25, -0.2) is 0 Å². The molecular formula is C24H26N2O3. The molecular weight excluding hydrogens is 364 g/mol. The molecule has 1 saturated heterocycles. The van der Waals surface area contributed by atoms with Crippen molar-refractivity contribution in [2.24, 2.45) is 10.8 Å². The molecule has 1 amide bonds. The number of esters is 1. The molecule has 5 heteroatoms. The van der Waals surface area contributed by atoms with E-state index in [4.69, 9.17) is 4.74 Å². The van der Waals surface area contributed by atoms with E-state index in [1.165, 1.54) is 10.9 Å². The summed E-state index contributed by atoms with van der Waals surface area (Å²) in [5.74, 6) is -0.485. The topological polar surface area (TPSA) is 60.3 Å². The predicted molar refractivity (Wildman–Crippen MR) is 114 cm³/mol. The molecule has 1 aliphatic heterocycles. The second kappa shape index (κ2) is 5.62. The molecule has 2 aliphatic rings. The Kier molecular flexibility index (Phi) is 3.53. The Balaban J connectivity index is 1.55. The standard InChI is InChI=1S/C24H26N2O3/c1-5-26-18-9-7-6-8-16(18)17-14-15(10-11-19(17)26)25-20(27)24-13-12-23(4,21(28)29-24)22(24,2)3/h6-11,14H,5,12-13H2,1-4H3,(H,25,27)/t23-,24-/m1/s1. The number of nitrogens with zero attached hydrogens (tertiary/aromatic N) is 1. The average Bonchev–Trinajstić information content (AvgIpc) is 3.18. The lowest BCUT2D eigenvalue weighted by molar-refractivity contribution is -0.165. The van der Waals surface area contributed by atoms with Gasteiger partial charge in [-0.3, -0.25) is 9.59 Å². The molecule has 1 N–H and O–H groups in total. The van der Waals surface area contributed by atoms with Gasteiger partial charge < -0.3 is 14.6 Å². The van der Waals surface area contributed by atoms with E-state index in [-0.39, 0.29) is 11.9 Å². The molecule has 5 rings (SSSR count). The number of fused-ring (bicyclic) bond motifs is 5. The van der Waals surface area contributed by atoms with Crippen molar-refractivity contribution in [1.29, 1.82) is 0 Å². The summed E-state index contributed by atoms with van der Waals surface area (Å²) in [6.45, 7) is 8.88. The third-order valence-electron chi connectivity index (χ3n) is 7.80. The van der Waals surface area contributed by atoms with E-state index >= 15 is 0 Å². The van der Waals surface area contributed by atoms with E-state index in [1.807, 2.05) is 45.0 Å². The van der Waals surface area contributed by atoms with Crippen LogP contribution < -0.4 is 5.32 Å². The van der Waals surface area contributed by atoms with Crippen LogP contribution in [0.2, 0.25) is 0 Å². The van der Waals surface area contributed by atoms with Gasteiger partial charge in [-0.1, -0.05) is 32.0 Å². The van der Waals surface area contributed by atoms with Crippen LogP contribution in [0.1, 0.15) is 40.5 Å². The Labute approximate surface area is 170 Å². The van der Waals surface area contributed by atoms with Crippen LogP contribution in [-0.4, -0.2) is 22.0 Å². The van der Waals surface area contributed by atoms with E-state index < -0.39 is 16.4 Å². The molecule has 0 radical (unpaired) electrons. The summed E-state index contributed by atoms with van der Waals surface area (Å²) in [5, 5.41) is 5.33. The number of carbonyl (C=O) groups excluding carboxylic acids is 2. The summed E-state index contributed by atoms with van der Waals surface area (Å²) >= 11 is 0. The van der Waals surface area contributed by atoms with Crippen molar-refractivity contribution in [2.75, 3.05) is 5.32 Å². The zero-order valence-corrected chi connectivity index (χ0v) is 17.3. The van der Waals surface area contributed by atoms with Crippen LogP contribution >= 0.6 is 0 Å². The number of carbonyl (C=O) groups is 2. The average molecular weight is 390 g/mol. The number of anilines is 1. The Morgan fingerprint density at radius 1 is 1.07 bits per heavy atom. The minimum atomic E-state index is -1.11. The maximum atomic E-state index is 13.4. The minimum Gasteiger partial charge on any atom is -0.448 e. The lowest BCUT2D eigenvalue weighted by Gasteiger charge is -2.35. The number of aromatic nitrogens is 1. The Morgan fingerprint density at radius 3 is 2.45 bits per heavy atom. The van der Waals surface area contributed by atoms with Crippen molar-refractivity contribution in [3.05, 3.63) is 42.5 Å². The fourth-order valence-electron chi connectivity index (χ4n) is 5.45. The summed E-state index contributed by atoms with van der Waals surface area (Å²) in [4.78, 5) is 25.9. The second-order valence-electron chi connectivity index (χ2n) is 9.12. The SMILES string of the molecule is CCn1c2ccccc2c2cc(NC(=O)[C@@]34CC[C@](C)(C(=O)O3)C4(C)C)ccc21. The van der Waals surface area contributed by atoms with Crippen LogP contribution in [0.5, 0.6) is 0 Å². The summed E-state index contributed by atoms with van der Waals surface area (Å²) in [7, 11) is 0. The van der Waals surface area contributed by atoms with Crippen molar-refractivity contribution in [3.63, 3.8) is 0 Å². The molecule has 2 bridgehead atoms. The fourth-order valence-corrected chi connectivity index (χ4v) is 5.45. The zero-order chi connectivity index (χ0) is 20.6. The molecule has 2 aromatic carbocycles. The van der Waals surface area contributed by atoms with Crippen molar-refractivity contribution >= 4 is 39.4 Å². The summed E-state index contributed by atoms with van der Waals surface area (Å²) in [6.07, 6.45) is 1.24. The molecule has 1 saturated carbocycles. The van der Waals surface area contributed by atoms with Gasteiger partial charge in [0, 0.05) is 39.5 Å².